The lowest BCUT2D eigenvalue weighted by Crippen LogP contribution is -2.37. The summed E-state index contributed by atoms with van der Waals surface area (Å²) in [7, 11) is 1.80. The van der Waals surface area contributed by atoms with Crippen LogP contribution in [0.5, 0.6) is 0 Å². The molecule has 0 unspecified atom stereocenters. The Labute approximate surface area is 139 Å². The van der Waals surface area contributed by atoms with Gasteiger partial charge in [-0.25, -0.2) is 15.0 Å². The monoisotopic (exact) mass is 328 g/mol. The minimum Gasteiger partial charge on any atom is -0.376 e. The molecule has 1 aliphatic heterocycles. The summed E-state index contributed by atoms with van der Waals surface area (Å²) in [5.74, 6) is 1.31. The van der Waals surface area contributed by atoms with Gasteiger partial charge in [0.05, 0.1) is 17.4 Å². The number of hydrogen-bond acceptors (Lipinski definition) is 6. The number of aromatic nitrogens is 5. The fourth-order valence-corrected chi connectivity index (χ4v) is 3.28. The van der Waals surface area contributed by atoms with Crippen molar-refractivity contribution in [2.75, 3.05) is 20.2 Å². The third-order valence-corrected chi connectivity index (χ3v) is 4.73. The van der Waals surface area contributed by atoms with E-state index in [0.29, 0.717) is 24.6 Å². The van der Waals surface area contributed by atoms with Crippen LogP contribution in [0.25, 0.3) is 0 Å². The second kappa shape index (κ2) is 6.27. The smallest absolute Gasteiger partial charge is 0.257 e. The van der Waals surface area contributed by atoms with E-state index in [9.17, 15) is 4.79 Å². The standard InChI is InChI=1S/C16H20N6O2/c1-22(7-13-11(4-5-24-13)15-19-9-20-21-15)16(23)12-6-17-8-18-14(12)10-2-3-10/h6,8-11,13H,2-5,7H2,1H3,(H,19,20,21)/t11-,13-/m1/s1. The Bertz CT molecular complexity index is 715. The van der Waals surface area contributed by atoms with Crippen molar-refractivity contribution < 1.29 is 9.53 Å². The van der Waals surface area contributed by atoms with Gasteiger partial charge in [0.15, 0.2) is 0 Å². The first-order valence-corrected chi connectivity index (χ1v) is 8.26. The van der Waals surface area contributed by atoms with Crippen molar-refractivity contribution in [3.05, 3.63) is 35.9 Å². The van der Waals surface area contributed by atoms with Gasteiger partial charge in [-0.1, -0.05) is 0 Å². The Morgan fingerprint density at radius 2 is 2.21 bits per heavy atom. The fraction of sp³-hybridized carbons (Fsp3) is 0.562. The van der Waals surface area contributed by atoms with E-state index in [1.807, 2.05) is 0 Å². The number of likely N-dealkylation sites (N-methyl/N-ethyl adjacent to an activating group) is 1. The number of H-pyrrole nitrogens is 1. The molecular formula is C16H20N6O2. The molecule has 3 heterocycles. The third-order valence-electron chi connectivity index (χ3n) is 4.73. The van der Waals surface area contributed by atoms with Gasteiger partial charge in [0.2, 0.25) is 0 Å². The Balaban J connectivity index is 1.48. The summed E-state index contributed by atoms with van der Waals surface area (Å²) < 4.78 is 5.82. The van der Waals surface area contributed by atoms with Crippen molar-refractivity contribution in [3.63, 3.8) is 0 Å². The van der Waals surface area contributed by atoms with Crippen LogP contribution >= 0.6 is 0 Å². The van der Waals surface area contributed by atoms with Crippen LogP contribution in [0.15, 0.2) is 18.9 Å². The lowest BCUT2D eigenvalue weighted by atomic mass is 10.00. The topological polar surface area (TPSA) is 96.9 Å². The molecule has 0 aromatic carbocycles. The summed E-state index contributed by atoms with van der Waals surface area (Å²) in [5, 5.41) is 6.82. The van der Waals surface area contributed by atoms with E-state index in [1.165, 1.54) is 12.7 Å². The molecule has 0 bridgehead atoms. The maximum atomic E-state index is 12.8. The van der Waals surface area contributed by atoms with Gasteiger partial charge in [0, 0.05) is 38.2 Å². The zero-order valence-corrected chi connectivity index (χ0v) is 13.6. The molecule has 1 aliphatic carbocycles. The first kappa shape index (κ1) is 15.2. The van der Waals surface area contributed by atoms with Crippen molar-refractivity contribution in [2.24, 2.45) is 0 Å². The van der Waals surface area contributed by atoms with E-state index in [-0.39, 0.29) is 17.9 Å². The van der Waals surface area contributed by atoms with Gasteiger partial charge in [-0.2, -0.15) is 5.10 Å². The number of rotatable bonds is 5. The number of hydrogen-bond donors (Lipinski definition) is 1. The van der Waals surface area contributed by atoms with Crippen LogP contribution in [0.1, 0.15) is 53.0 Å². The number of amides is 1. The zero-order valence-electron chi connectivity index (χ0n) is 13.6. The van der Waals surface area contributed by atoms with E-state index in [2.05, 4.69) is 25.1 Å². The van der Waals surface area contributed by atoms with Gasteiger partial charge >= 0.3 is 0 Å². The number of carbonyl (C=O) groups is 1. The molecule has 1 amide bonds. The minimum absolute atomic E-state index is 0.0516. The van der Waals surface area contributed by atoms with Crippen LogP contribution in [0.4, 0.5) is 0 Å². The Hall–Kier alpha value is -2.35. The molecule has 1 N–H and O–H groups in total. The molecular weight excluding hydrogens is 308 g/mol. The van der Waals surface area contributed by atoms with Gasteiger partial charge in [0.1, 0.15) is 18.5 Å². The van der Waals surface area contributed by atoms with Crippen molar-refractivity contribution in [1.82, 2.24) is 30.0 Å². The average Bonchev–Trinajstić information content (AvgIpc) is 3.11. The highest BCUT2D eigenvalue weighted by atomic mass is 16.5. The first-order valence-electron chi connectivity index (χ1n) is 8.26. The number of nitrogens with zero attached hydrogens (tertiary/aromatic N) is 5. The van der Waals surface area contributed by atoms with Crippen LogP contribution in [0.3, 0.4) is 0 Å². The maximum absolute atomic E-state index is 12.8. The molecule has 24 heavy (non-hydrogen) atoms. The average molecular weight is 328 g/mol. The SMILES string of the molecule is CN(C[C@H]1OCC[C@H]1c1ncn[nH]1)C(=O)c1cncnc1C1CC1. The highest BCUT2D eigenvalue weighted by Crippen LogP contribution is 2.40. The molecule has 4 rings (SSSR count). The van der Waals surface area contributed by atoms with Crippen LogP contribution in [-0.2, 0) is 4.74 Å². The van der Waals surface area contributed by atoms with Crippen molar-refractivity contribution in [1.29, 1.82) is 0 Å². The fourth-order valence-electron chi connectivity index (χ4n) is 3.28. The molecule has 2 aromatic heterocycles. The predicted octanol–water partition coefficient (Wildman–Crippen LogP) is 1.12. The summed E-state index contributed by atoms with van der Waals surface area (Å²) in [6.07, 6.45) is 7.64. The van der Waals surface area contributed by atoms with Crippen LogP contribution in [0, 0.1) is 0 Å². The summed E-state index contributed by atoms with van der Waals surface area (Å²) in [4.78, 5) is 27.1. The second-order valence-corrected chi connectivity index (χ2v) is 6.46. The largest absolute Gasteiger partial charge is 0.376 e. The summed E-state index contributed by atoms with van der Waals surface area (Å²) in [6, 6.07) is 0. The molecule has 2 fully saturated rings. The van der Waals surface area contributed by atoms with Gasteiger partial charge < -0.3 is 9.64 Å². The van der Waals surface area contributed by atoms with Crippen molar-refractivity contribution in [2.45, 2.75) is 37.2 Å². The summed E-state index contributed by atoms with van der Waals surface area (Å²) in [5.41, 5.74) is 1.48. The van der Waals surface area contributed by atoms with Crippen LogP contribution < -0.4 is 0 Å². The number of ether oxygens (including phenoxy) is 1. The van der Waals surface area contributed by atoms with Crippen LogP contribution in [-0.4, -0.2) is 62.3 Å². The van der Waals surface area contributed by atoms with Crippen molar-refractivity contribution >= 4 is 5.91 Å². The van der Waals surface area contributed by atoms with E-state index in [0.717, 1.165) is 30.8 Å². The lowest BCUT2D eigenvalue weighted by Gasteiger charge is -2.24. The van der Waals surface area contributed by atoms with E-state index >= 15 is 0 Å². The quantitative estimate of drug-likeness (QED) is 0.883. The highest BCUT2D eigenvalue weighted by molar-refractivity contribution is 5.95. The van der Waals surface area contributed by atoms with Gasteiger partial charge in [-0.05, 0) is 19.3 Å². The third kappa shape index (κ3) is 2.89. The predicted molar refractivity (Wildman–Crippen MR) is 84.4 cm³/mol. The van der Waals surface area contributed by atoms with Gasteiger partial charge in [-0.3, -0.25) is 9.89 Å². The molecule has 2 aliphatic rings. The normalized spacial score (nSPS) is 23.4. The molecule has 0 spiro atoms. The molecule has 2 atom stereocenters. The highest BCUT2D eigenvalue weighted by Gasteiger charge is 2.35. The molecule has 1 saturated carbocycles. The molecule has 0 radical (unpaired) electrons. The van der Waals surface area contributed by atoms with Crippen molar-refractivity contribution in [3.8, 4) is 0 Å². The Morgan fingerprint density at radius 3 is 2.96 bits per heavy atom. The lowest BCUT2D eigenvalue weighted by molar-refractivity contribution is 0.0548. The molecule has 126 valence electrons. The first-order chi connectivity index (χ1) is 11.7. The second-order valence-electron chi connectivity index (χ2n) is 6.46. The molecule has 8 nitrogen and oxygen atoms in total. The maximum Gasteiger partial charge on any atom is 0.257 e. The molecule has 1 saturated heterocycles. The van der Waals surface area contributed by atoms with E-state index in [1.54, 1.807) is 18.1 Å². The Morgan fingerprint density at radius 1 is 1.33 bits per heavy atom. The summed E-state index contributed by atoms with van der Waals surface area (Å²) >= 11 is 0. The van der Waals surface area contributed by atoms with E-state index < -0.39 is 0 Å². The molecule has 8 heteroatoms. The molecule has 2 aromatic rings. The minimum atomic E-state index is -0.0825. The Kier molecular flexibility index (Phi) is 3.97. The number of carbonyl (C=O) groups excluding carboxylic acids is 1. The van der Waals surface area contributed by atoms with Gasteiger partial charge in [0.25, 0.3) is 5.91 Å². The number of nitrogens with one attached hydrogen (secondary N) is 1. The van der Waals surface area contributed by atoms with Crippen LogP contribution in [0.2, 0.25) is 0 Å². The summed E-state index contributed by atoms with van der Waals surface area (Å²) in [6.45, 7) is 1.17. The zero-order chi connectivity index (χ0) is 16.5. The van der Waals surface area contributed by atoms with Gasteiger partial charge in [-0.15, -0.1) is 0 Å². The van der Waals surface area contributed by atoms with E-state index in [4.69, 9.17) is 4.74 Å². The number of aromatic amines is 1.